The second kappa shape index (κ2) is 22.2. The van der Waals surface area contributed by atoms with Gasteiger partial charge in [0.25, 0.3) is 0 Å². The monoisotopic (exact) mass is 690 g/mol. The van der Waals surface area contributed by atoms with Gasteiger partial charge in [-0.05, 0) is 41.5 Å². The van der Waals surface area contributed by atoms with Crippen LogP contribution in [0.4, 0.5) is 0 Å². The molecule has 208 valence electrons. The molecule has 0 aliphatic rings. The largest absolute Gasteiger partial charge is 3.00 e. The van der Waals surface area contributed by atoms with E-state index >= 15 is 0 Å². The minimum absolute atomic E-state index is 0. The van der Waals surface area contributed by atoms with E-state index in [1.807, 2.05) is 135 Å². The molecule has 0 amide bonds. The van der Waals surface area contributed by atoms with Crippen molar-refractivity contribution < 1.29 is 53.2 Å². The Kier molecular flexibility index (Phi) is 22.6. The van der Waals surface area contributed by atoms with Crippen molar-refractivity contribution in [1.29, 1.82) is 0 Å². The van der Waals surface area contributed by atoms with Gasteiger partial charge in [0.1, 0.15) is 0 Å². The number of hydrogen-bond donors (Lipinski definition) is 0. The van der Waals surface area contributed by atoms with E-state index in [0.29, 0.717) is 0 Å². The SMILES string of the molecule is Cc1ccccc1[C-2]OC(C)C.Cc1ccccc1[C-2]OC(C)C.Cc1ccccc1[C-2]OC(C)C.[Ru+3].[Ru+3]. The first-order valence-corrected chi connectivity index (χ1v) is 12.5. The molecule has 0 heterocycles. The fraction of sp³-hybridized carbons (Fsp3) is 0.364. The normalized spacial score (nSPS) is 9.79. The minimum Gasteiger partial charge on any atom is -0.485 e. The number of rotatable bonds is 9. The third-order valence-corrected chi connectivity index (χ3v) is 4.65. The zero-order valence-corrected chi connectivity index (χ0v) is 27.6. The smallest absolute Gasteiger partial charge is 0.485 e. The van der Waals surface area contributed by atoms with E-state index in [-0.39, 0.29) is 57.3 Å². The number of hydrogen-bond acceptors (Lipinski definition) is 3. The molecule has 0 aromatic heterocycles. The van der Waals surface area contributed by atoms with Gasteiger partial charge in [-0.1, -0.05) is 0 Å². The Labute approximate surface area is 258 Å². The molecular weight excluding hydrogens is 647 g/mol. The maximum atomic E-state index is 5.26. The van der Waals surface area contributed by atoms with Gasteiger partial charge in [-0.25, -0.2) is 19.8 Å². The van der Waals surface area contributed by atoms with Crippen LogP contribution in [0.2, 0.25) is 0 Å². The van der Waals surface area contributed by atoms with Crippen LogP contribution in [0.3, 0.4) is 0 Å². The fourth-order valence-corrected chi connectivity index (χ4v) is 2.61. The van der Waals surface area contributed by atoms with E-state index in [2.05, 4.69) is 19.8 Å². The predicted molar refractivity (Wildman–Crippen MR) is 149 cm³/mol. The summed E-state index contributed by atoms with van der Waals surface area (Å²) in [6, 6.07) is 24.1. The summed E-state index contributed by atoms with van der Waals surface area (Å²) >= 11 is 0. The molecule has 0 spiro atoms. The maximum Gasteiger partial charge on any atom is 3.00 e. The minimum atomic E-state index is 0. The van der Waals surface area contributed by atoms with Crippen molar-refractivity contribution in [3.8, 4) is 0 Å². The summed E-state index contributed by atoms with van der Waals surface area (Å²) < 4.78 is 15.8. The molecule has 3 nitrogen and oxygen atoms in total. The van der Waals surface area contributed by atoms with E-state index in [9.17, 15) is 0 Å². The van der Waals surface area contributed by atoms with Crippen LogP contribution in [0.5, 0.6) is 0 Å². The second-order valence-electron chi connectivity index (χ2n) is 9.25. The Morgan fingerprint density at radius 1 is 0.421 bits per heavy atom. The summed E-state index contributed by atoms with van der Waals surface area (Å²) in [7, 11) is 0. The Balaban J connectivity index is 0. The summed E-state index contributed by atoms with van der Waals surface area (Å²) in [6.07, 6.45) is 0.596. The quantitative estimate of drug-likeness (QED) is 0.212. The van der Waals surface area contributed by atoms with Gasteiger partial charge in [0.05, 0.1) is 0 Å². The fourth-order valence-electron chi connectivity index (χ4n) is 2.61. The summed E-state index contributed by atoms with van der Waals surface area (Å²) in [5.41, 5.74) is 6.68. The second-order valence-corrected chi connectivity index (χ2v) is 9.25. The number of aryl methyl sites for hydroxylation is 3. The molecule has 0 saturated carbocycles. The van der Waals surface area contributed by atoms with Gasteiger partial charge in [-0.2, -0.15) is 36.4 Å². The molecule has 0 N–H and O–H groups in total. The average molecular weight is 689 g/mol. The standard InChI is InChI=1S/3C11H14O.2Ru/c3*1-9(2)12-8-11-7-5-4-6-10(11)3;;/h3*4-7,9H,1-3H3;;/q3*-2;2*+3. The molecule has 0 unspecified atom stereocenters. The summed E-state index contributed by atoms with van der Waals surface area (Å²) in [4.78, 5) is 0. The first-order chi connectivity index (χ1) is 17.1. The van der Waals surface area contributed by atoms with E-state index < -0.39 is 0 Å². The number of benzene rings is 3. The molecule has 0 atom stereocenters. The molecule has 3 aromatic rings. The first-order valence-electron chi connectivity index (χ1n) is 12.5. The summed E-state index contributed by atoms with van der Waals surface area (Å²) in [5.74, 6) is 0. The Bertz CT molecular complexity index is 860. The molecule has 0 fully saturated rings. The van der Waals surface area contributed by atoms with Gasteiger partial charge in [0.2, 0.25) is 0 Å². The van der Waals surface area contributed by atoms with E-state index in [4.69, 9.17) is 14.2 Å². The molecule has 3 rings (SSSR count). The van der Waals surface area contributed by atoms with Crippen molar-refractivity contribution in [2.24, 2.45) is 0 Å². The molecule has 0 saturated heterocycles. The Morgan fingerprint density at radius 3 is 0.816 bits per heavy atom. The van der Waals surface area contributed by atoms with Crippen LogP contribution in [0.1, 0.15) is 74.9 Å². The van der Waals surface area contributed by atoms with Crippen LogP contribution >= 0.6 is 0 Å². The molecule has 0 aliphatic carbocycles. The van der Waals surface area contributed by atoms with Gasteiger partial charge in [0.15, 0.2) is 0 Å². The third-order valence-electron chi connectivity index (χ3n) is 4.65. The zero-order chi connectivity index (χ0) is 26.9. The van der Waals surface area contributed by atoms with Crippen molar-refractivity contribution in [3.05, 3.63) is 126 Å². The van der Waals surface area contributed by atoms with Crippen LogP contribution in [0.25, 0.3) is 0 Å². The molecule has 5 heteroatoms. The van der Waals surface area contributed by atoms with E-state index in [0.717, 1.165) is 16.7 Å². The predicted octanol–water partition coefficient (Wildman–Crippen LogP) is 8.42. The van der Waals surface area contributed by atoms with Crippen molar-refractivity contribution >= 4 is 0 Å². The summed E-state index contributed by atoms with van der Waals surface area (Å²) in [5, 5.41) is 0. The van der Waals surface area contributed by atoms with Gasteiger partial charge < -0.3 is 30.9 Å². The van der Waals surface area contributed by atoms with Crippen LogP contribution in [0, 0.1) is 40.6 Å². The first kappa shape index (κ1) is 38.5. The van der Waals surface area contributed by atoms with Crippen LogP contribution in [0.15, 0.2) is 72.8 Å². The zero-order valence-electron chi connectivity index (χ0n) is 24.1. The third kappa shape index (κ3) is 17.8. The van der Waals surface area contributed by atoms with Gasteiger partial charge in [0, 0.05) is 18.3 Å². The Morgan fingerprint density at radius 2 is 0.632 bits per heavy atom. The van der Waals surface area contributed by atoms with Crippen molar-refractivity contribution in [3.63, 3.8) is 0 Å². The molecular formula is C33H42O3Ru2. The molecule has 2 radical (unpaired) electrons. The number of ether oxygens (including phenoxy) is 3. The maximum absolute atomic E-state index is 5.26. The van der Waals surface area contributed by atoms with Crippen molar-refractivity contribution in [1.82, 2.24) is 0 Å². The van der Waals surface area contributed by atoms with Gasteiger partial charge in [-0.3, -0.25) is 34.9 Å². The summed E-state index contributed by atoms with van der Waals surface area (Å²) in [6.45, 7) is 26.8. The van der Waals surface area contributed by atoms with E-state index in [1.54, 1.807) is 0 Å². The van der Waals surface area contributed by atoms with Crippen LogP contribution in [-0.4, -0.2) is 18.3 Å². The van der Waals surface area contributed by atoms with E-state index in [1.165, 1.54) is 16.7 Å². The molecule has 0 aliphatic heterocycles. The van der Waals surface area contributed by atoms with Crippen LogP contribution in [-0.2, 0) is 53.2 Å². The van der Waals surface area contributed by atoms with Gasteiger partial charge >= 0.3 is 39.0 Å². The van der Waals surface area contributed by atoms with Gasteiger partial charge in [-0.15, -0.1) is 39.0 Å². The topological polar surface area (TPSA) is 27.7 Å². The molecule has 0 bridgehead atoms. The van der Waals surface area contributed by atoms with Crippen molar-refractivity contribution in [2.45, 2.75) is 80.6 Å². The molecule has 38 heavy (non-hydrogen) atoms. The van der Waals surface area contributed by atoms with Crippen LogP contribution < -0.4 is 0 Å². The Hall–Kier alpha value is -1.60. The van der Waals surface area contributed by atoms with Crippen molar-refractivity contribution in [2.75, 3.05) is 0 Å². The molecule has 3 aromatic carbocycles. The average Bonchev–Trinajstić information content (AvgIpc) is 2.83.